The molecule has 1 amide bonds. The Hall–Kier alpha value is -2.61. The van der Waals surface area contributed by atoms with Crippen LogP contribution in [0.15, 0.2) is 47.4 Å². The Morgan fingerprint density at radius 1 is 1.33 bits per heavy atom. The molecule has 0 saturated carbocycles. The topological polar surface area (TPSA) is 81.5 Å². The molecule has 0 spiro atoms. The van der Waals surface area contributed by atoms with Gasteiger partial charge in [0.15, 0.2) is 0 Å². The molecule has 0 aliphatic rings. The van der Waals surface area contributed by atoms with Gasteiger partial charge in [0.25, 0.3) is 5.69 Å². The minimum absolute atomic E-state index is 0.140. The summed E-state index contributed by atoms with van der Waals surface area (Å²) in [5.41, 5.74) is 0.174. The monoisotopic (exact) mass is 350 g/mol. The molecule has 0 bridgehead atoms. The molecule has 126 valence electrons. The van der Waals surface area contributed by atoms with Gasteiger partial charge in [0, 0.05) is 11.0 Å². The lowest BCUT2D eigenvalue weighted by Gasteiger charge is -2.14. The van der Waals surface area contributed by atoms with Crippen molar-refractivity contribution < 1.29 is 18.8 Å². The third-order valence-corrected chi connectivity index (χ3v) is 4.32. The number of ether oxygens (including phenoxy) is 1. The van der Waals surface area contributed by atoms with Crippen molar-refractivity contribution >= 4 is 29.0 Å². The van der Waals surface area contributed by atoms with Gasteiger partial charge in [0.05, 0.1) is 29.0 Å². The molecule has 6 nitrogen and oxygen atoms in total. The van der Waals surface area contributed by atoms with Crippen LogP contribution in [0.1, 0.15) is 6.92 Å². The molecule has 0 radical (unpaired) electrons. The van der Waals surface area contributed by atoms with Gasteiger partial charge in [-0.25, -0.2) is 4.39 Å². The first-order valence-electron chi connectivity index (χ1n) is 6.97. The van der Waals surface area contributed by atoms with Gasteiger partial charge < -0.3 is 10.1 Å². The van der Waals surface area contributed by atoms with E-state index in [-0.39, 0.29) is 17.3 Å². The number of carbonyl (C=O) groups is 1. The molecule has 1 N–H and O–H groups in total. The Labute approximate surface area is 142 Å². The first kappa shape index (κ1) is 17.7. The highest BCUT2D eigenvalue weighted by molar-refractivity contribution is 8.00. The molecule has 2 aromatic rings. The summed E-state index contributed by atoms with van der Waals surface area (Å²) >= 11 is 1.08. The molecular weight excluding hydrogens is 335 g/mol. The Bertz CT molecular complexity index is 769. The number of rotatable bonds is 6. The summed E-state index contributed by atoms with van der Waals surface area (Å²) in [6, 6.07) is 10.1. The van der Waals surface area contributed by atoms with Crippen LogP contribution in [0.3, 0.4) is 0 Å². The van der Waals surface area contributed by atoms with Crippen molar-refractivity contribution in [3.05, 3.63) is 58.4 Å². The van der Waals surface area contributed by atoms with Crippen LogP contribution in [-0.4, -0.2) is 23.2 Å². The zero-order chi connectivity index (χ0) is 17.7. The second-order valence-corrected chi connectivity index (χ2v) is 6.20. The fraction of sp³-hybridized carbons (Fsp3) is 0.188. The number of amides is 1. The molecule has 8 heteroatoms. The molecule has 0 aliphatic carbocycles. The summed E-state index contributed by atoms with van der Waals surface area (Å²) in [5, 5.41) is 12.8. The second-order valence-electron chi connectivity index (χ2n) is 4.82. The fourth-order valence-electron chi connectivity index (χ4n) is 1.92. The summed E-state index contributed by atoms with van der Waals surface area (Å²) in [4.78, 5) is 22.9. The van der Waals surface area contributed by atoms with E-state index in [2.05, 4.69) is 5.32 Å². The van der Waals surface area contributed by atoms with Crippen LogP contribution >= 0.6 is 11.8 Å². The van der Waals surface area contributed by atoms with E-state index in [1.54, 1.807) is 25.1 Å². The van der Waals surface area contributed by atoms with E-state index in [0.29, 0.717) is 10.6 Å². The van der Waals surface area contributed by atoms with Gasteiger partial charge in [0.2, 0.25) is 5.91 Å². The number of nitrogens with one attached hydrogen (secondary N) is 1. The highest BCUT2D eigenvalue weighted by Gasteiger charge is 2.19. The van der Waals surface area contributed by atoms with Gasteiger partial charge in [-0.2, -0.15) is 0 Å². The van der Waals surface area contributed by atoms with Crippen molar-refractivity contribution in [2.24, 2.45) is 0 Å². The Kier molecular flexibility index (Phi) is 5.75. The zero-order valence-electron chi connectivity index (χ0n) is 13.0. The van der Waals surface area contributed by atoms with Gasteiger partial charge in [-0.05, 0) is 25.1 Å². The van der Waals surface area contributed by atoms with Crippen LogP contribution in [0.25, 0.3) is 0 Å². The summed E-state index contributed by atoms with van der Waals surface area (Å²) in [7, 11) is 1.35. The lowest BCUT2D eigenvalue weighted by molar-refractivity contribution is -0.384. The lowest BCUT2D eigenvalue weighted by Crippen LogP contribution is -2.22. The maximum atomic E-state index is 13.6. The number of non-ortho nitro benzene ring substituents is 1. The number of nitrogens with zero attached hydrogens (tertiary/aromatic N) is 1. The molecule has 2 aromatic carbocycles. The highest BCUT2D eigenvalue weighted by atomic mass is 32.2. The summed E-state index contributed by atoms with van der Waals surface area (Å²) in [5.74, 6) is -0.578. The van der Waals surface area contributed by atoms with Crippen molar-refractivity contribution in [3.63, 3.8) is 0 Å². The molecule has 0 unspecified atom stereocenters. The summed E-state index contributed by atoms with van der Waals surface area (Å²) < 4.78 is 18.7. The Morgan fingerprint density at radius 3 is 2.67 bits per heavy atom. The van der Waals surface area contributed by atoms with E-state index in [1.807, 2.05) is 0 Å². The number of thioether (sulfide) groups is 1. The number of nitro groups is 1. The quantitative estimate of drug-likeness (QED) is 0.486. The van der Waals surface area contributed by atoms with Gasteiger partial charge in [-0.15, -0.1) is 11.8 Å². The number of anilines is 1. The molecule has 0 saturated heterocycles. The maximum absolute atomic E-state index is 13.6. The Balaban J connectivity index is 2.11. The van der Waals surface area contributed by atoms with Crippen LogP contribution in [0.4, 0.5) is 15.8 Å². The van der Waals surface area contributed by atoms with Crippen LogP contribution in [-0.2, 0) is 4.79 Å². The van der Waals surface area contributed by atoms with Crippen molar-refractivity contribution in [2.45, 2.75) is 17.1 Å². The molecule has 0 fully saturated rings. The summed E-state index contributed by atoms with van der Waals surface area (Å²) in [6.07, 6.45) is 0. The van der Waals surface area contributed by atoms with E-state index >= 15 is 0 Å². The molecule has 0 heterocycles. The molecule has 0 aromatic heterocycles. The minimum Gasteiger partial charge on any atom is -0.494 e. The maximum Gasteiger partial charge on any atom is 0.273 e. The third kappa shape index (κ3) is 4.23. The van der Waals surface area contributed by atoms with Crippen LogP contribution in [0.2, 0.25) is 0 Å². The van der Waals surface area contributed by atoms with Crippen molar-refractivity contribution in [1.82, 2.24) is 0 Å². The number of carbonyl (C=O) groups excluding carboxylic acids is 1. The van der Waals surface area contributed by atoms with Gasteiger partial charge >= 0.3 is 0 Å². The van der Waals surface area contributed by atoms with Gasteiger partial charge in [-0.3, -0.25) is 14.9 Å². The summed E-state index contributed by atoms with van der Waals surface area (Å²) in [6.45, 7) is 1.64. The number of nitro benzene ring substituents is 1. The number of hydrogen-bond donors (Lipinski definition) is 1. The number of halogens is 1. The largest absolute Gasteiger partial charge is 0.494 e. The normalized spacial score (nSPS) is 11.6. The predicted molar refractivity (Wildman–Crippen MR) is 90.0 cm³/mol. The van der Waals surface area contributed by atoms with Crippen LogP contribution in [0.5, 0.6) is 5.75 Å². The van der Waals surface area contributed by atoms with E-state index in [4.69, 9.17) is 4.74 Å². The van der Waals surface area contributed by atoms with E-state index in [9.17, 15) is 19.3 Å². The first-order valence-corrected chi connectivity index (χ1v) is 7.85. The van der Waals surface area contributed by atoms with Crippen molar-refractivity contribution in [3.8, 4) is 5.75 Å². The molecule has 2 rings (SSSR count). The van der Waals surface area contributed by atoms with Gasteiger partial charge in [0.1, 0.15) is 11.6 Å². The SMILES string of the molecule is COc1cc([N+](=O)[O-])ccc1NC(=O)[C@H](C)Sc1ccccc1F. The van der Waals surface area contributed by atoms with E-state index < -0.39 is 16.0 Å². The third-order valence-electron chi connectivity index (χ3n) is 3.16. The highest BCUT2D eigenvalue weighted by Crippen LogP contribution is 2.31. The van der Waals surface area contributed by atoms with Crippen LogP contribution in [0, 0.1) is 15.9 Å². The van der Waals surface area contributed by atoms with Crippen molar-refractivity contribution in [1.29, 1.82) is 0 Å². The predicted octanol–water partition coefficient (Wildman–Crippen LogP) is 3.86. The molecular formula is C16H15FN2O4S. The van der Waals surface area contributed by atoms with Gasteiger partial charge in [-0.1, -0.05) is 12.1 Å². The van der Waals surface area contributed by atoms with Crippen LogP contribution < -0.4 is 10.1 Å². The standard InChI is InChI=1S/C16H15FN2O4S/c1-10(24-15-6-4-3-5-12(15)17)16(20)18-13-8-7-11(19(21)22)9-14(13)23-2/h3-10H,1-2H3,(H,18,20)/t10-/m0/s1. The fourth-order valence-corrected chi connectivity index (χ4v) is 2.80. The molecule has 24 heavy (non-hydrogen) atoms. The zero-order valence-corrected chi connectivity index (χ0v) is 13.8. The average molecular weight is 350 g/mol. The second kappa shape index (κ2) is 7.78. The minimum atomic E-state index is -0.568. The Morgan fingerprint density at radius 2 is 2.04 bits per heavy atom. The van der Waals surface area contributed by atoms with E-state index in [0.717, 1.165) is 11.8 Å². The van der Waals surface area contributed by atoms with Crippen molar-refractivity contribution in [2.75, 3.05) is 12.4 Å². The smallest absolute Gasteiger partial charge is 0.273 e. The number of hydrogen-bond acceptors (Lipinski definition) is 5. The average Bonchev–Trinajstić information content (AvgIpc) is 2.56. The lowest BCUT2D eigenvalue weighted by atomic mass is 10.2. The first-order chi connectivity index (χ1) is 11.4. The molecule has 0 aliphatic heterocycles. The van der Waals surface area contributed by atoms with E-state index in [1.165, 1.54) is 31.4 Å². The molecule has 1 atom stereocenters. The number of methoxy groups -OCH3 is 1. The number of benzene rings is 2.